The first-order chi connectivity index (χ1) is 25.8. The molecule has 0 N–H and O–H groups in total. The maximum Gasteiger partial charge on any atom is 0.0487 e. The van der Waals surface area contributed by atoms with E-state index in [4.69, 9.17) is 0 Å². The van der Waals surface area contributed by atoms with Gasteiger partial charge in [0.15, 0.2) is 0 Å². The Bertz CT molecular complexity index is 2610. The summed E-state index contributed by atoms with van der Waals surface area (Å²) in [6.45, 7) is 0.731. The van der Waals surface area contributed by atoms with Crippen LogP contribution >= 0.6 is 0 Å². The molecular formula is C51H37N. The first-order valence-corrected chi connectivity index (χ1v) is 18.0. The van der Waals surface area contributed by atoms with Gasteiger partial charge in [-0.25, -0.2) is 0 Å². The van der Waals surface area contributed by atoms with E-state index in [1.54, 1.807) is 0 Å². The molecule has 0 aliphatic rings. The number of nitrogens with zero attached hydrogens (tertiary/aromatic N) is 1. The molecule has 1 heteroatoms. The molecule has 1 nitrogen and oxygen atoms in total. The van der Waals surface area contributed by atoms with Crippen LogP contribution < -0.4 is 4.90 Å². The van der Waals surface area contributed by atoms with Crippen LogP contribution in [0.25, 0.3) is 66.1 Å². The van der Waals surface area contributed by atoms with Crippen molar-refractivity contribution in [2.75, 3.05) is 4.90 Å². The van der Waals surface area contributed by atoms with Crippen molar-refractivity contribution in [3.63, 3.8) is 0 Å². The summed E-state index contributed by atoms with van der Waals surface area (Å²) in [6, 6.07) is 76.8. The van der Waals surface area contributed by atoms with Gasteiger partial charge in [-0.15, -0.1) is 0 Å². The average Bonchev–Trinajstić information content (AvgIpc) is 3.23. The van der Waals surface area contributed by atoms with Gasteiger partial charge in [0, 0.05) is 17.9 Å². The molecule has 9 rings (SSSR count). The Hall–Kier alpha value is -6.70. The molecule has 0 unspecified atom stereocenters. The van der Waals surface area contributed by atoms with Crippen LogP contribution in [0.2, 0.25) is 0 Å². The van der Waals surface area contributed by atoms with Crippen LogP contribution in [0.15, 0.2) is 212 Å². The van der Waals surface area contributed by atoms with Crippen LogP contribution in [0, 0.1) is 0 Å². The minimum atomic E-state index is 0.731. The zero-order valence-corrected chi connectivity index (χ0v) is 28.9. The Morgan fingerprint density at radius 2 is 0.712 bits per heavy atom. The first kappa shape index (κ1) is 31.3. The fourth-order valence-electron chi connectivity index (χ4n) is 7.49. The normalized spacial score (nSPS) is 11.2. The van der Waals surface area contributed by atoms with E-state index in [9.17, 15) is 0 Å². The minimum absolute atomic E-state index is 0.731. The van der Waals surface area contributed by atoms with E-state index >= 15 is 0 Å². The van der Waals surface area contributed by atoms with E-state index in [0.717, 1.165) is 17.9 Å². The zero-order chi connectivity index (χ0) is 34.7. The van der Waals surface area contributed by atoms with Crippen molar-refractivity contribution in [2.45, 2.75) is 6.54 Å². The smallest absolute Gasteiger partial charge is 0.0487 e. The molecule has 9 aromatic carbocycles. The summed E-state index contributed by atoms with van der Waals surface area (Å²) >= 11 is 0. The fourth-order valence-corrected chi connectivity index (χ4v) is 7.49. The van der Waals surface area contributed by atoms with Crippen LogP contribution in [0.5, 0.6) is 0 Å². The van der Waals surface area contributed by atoms with E-state index < -0.39 is 0 Å². The molecule has 0 spiro atoms. The lowest BCUT2D eigenvalue weighted by Gasteiger charge is -2.27. The van der Waals surface area contributed by atoms with Gasteiger partial charge in [0.05, 0.1) is 0 Å². The third-order valence-electron chi connectivity index (χ3n) is 10.2. The van der Waals surface area contributed by atoms with E-state index in [1.165, 1.54) is 71.6 Å². The third kappa shape index (κ3) is 6.14. The molecule has 0 saturated carbocycles. The van der Waals surface area contributed by atoms with E-state index in [0.29, 0.717) is 0 Å². The maximum absolute atomic E-state index is 2.44. The second-order valence-electron chi connectivity index (χ2n) is 13.3. The summed E-state index contributed by atoms with van der Waals surface area (Å²) in [7, 11) is 0. The van der Waals surface area contributed by atoms with Crippen LogP contribution in [0.1, 0.15) is 5.56 Å². The Morgan fingerprint density at radius 1 is 0.288 bits per heavy atom. The molecule has 0 bridgehead atoms. The van der Waals surface area contributed by atoms with Crippen LogP contribution in [-0.2, 0) is 6.54 Å². The van der Waals surface area contributed by atoms with Crippen molar-refractivity contribution in [2.24, 2.45) is 0 Å². The molecule has 0 aliphatic carbocycles. The Labute approximate surface area is 305 Å². The summed E-state index contributed by atoms with van der Waals surface area (Å²) < 4.78 is 0. The van der Waals surface area contributed by atoms with Crippen LogP contribution in [0.4, 0.5) is 11.4 Å². The lowest BCUT2D eigenvalue weighted by Crippen LogP contribution is -2.17. The molecule has 246 valence electrons. The topological polar surface area (TPSA) is 3.24 Å². The largest absolute Gasteiger partial charge is 0.337 e. The summed E-state index contributed by atoms with van der Waals surface area (Å²) in [5, 5.41) is 5.11. The fraction of sp³-hybridized carbons (Fsp3) is 0.0196. The van der Waals surface area contributed by atoms with Gasteiger partial charge in [-0.1, -0.05) is 182 Å². The van der Waals surface area contributed by atoms with Crippen LogP contribution in [-0.4, -0.2) is 0 Å². The van der Waals surface area contributed by atoms with Gasteiger partial charge in [0.2, 0.25) is 0 Å². The van der Waals surface area contributed by atoms with E-state index in [2.05, 4.69) is 217 Å². The predicted octanol–water partition coefficient (Wildman–Crippen LogP) is 14.0. The van der Waals surface area contributed by atoms with Crippen LogP contribution in [0.3, 0.4) is 0 Å². The molecule has 9 aromatic rings. The summed E-state index contributed by atoms with van der Waals surface area (Å²) in [5.74, 6) is 0. The molecule has 0 aromatic heterocycles. The van der Waals surface area contributed by atoms with E-state index in [-0.39, 0.29) is 0 Å². The monoisotopic (exact) mass is 663 g/mol. The zero-order valence-electron chi connectivity index (χ0n) is 28.9. The number of hydrogen-bond acceptors (Lipinski definition) is 1. The van der Waals surface area contributed by atoms with Crippen molar-refractivity contribution in [3.05, 3.63) is 218 Å². The summed E-state index contributed by atoms with van der Waals surface area (Å²) in [4.78, 5) is 2.44. The molecule has 52 heavy (non-hydrogen) atoms. The van der Waals surface area contributed by atoms with Crippen molar-refractivity contribution in [3.8, 4) is 44.5 Å². The Kier molecular flexibility index (Phi) is 8.37. The molecule has 0 aliphatic heterocycles. The number of fused-ring (bicyclic) bond motifs is 3. The van der Waals surface area contributed by atoms with Gasteiger partial charge in [-0.2, -0.15) is 0 Å². The van der Waals surface area contributed by atoms with Crippen molar-refractivity contribution < 1.29 is 0 Å². The van der Waals surface area contributed by atoms with Gasteiger partial charge in [0.1, 0.15) is 0 Å². The molecule has 0 amide bonds. The van der Waals surface area contributed by atoms with Gasteiger partial charge in [-0.05, 0) is 102 Å². The maximum atomic E-state index is 2.44. The number of rotatable bonds is 8. The Morgan fingerprint density at radius 3 is 1.35 bits per heavy atom. The number of hydrogen-bond donors (Lipinski definition) is 0. The average molecular weight is 664 g/mol. The summed E-state index contributed by atoms with van der Waals surface area (Å²) in [6.07, 6.45) is 0. The van der Waals surface area contributed by atoms with Crippen molar-refractivity contribution >= 4 is 32.9 Å². The molecule has 0 heterocycles. The highest BCUT2D eigenvalue weighted by Gasteiger charge is 2.16. The second-order valence-corrected chi connectivity index (χ2v) is 13.3. The quantitative estimate of drug-likeness (QED) is 0.146. The SMILES string of the molecule is c1ccc(-c2ccc(-c3ccc(N(Cc4ccccc4-c4ccccc4)c4ccc(-c5cc6ccccc6c6ccccc56)cc4)cc3)cc2)cc1. The number of anilines is 2. The second kappa shape index (κ2) is 13.9. The molecule has 0 radical (unpaired) electrons. The van der Waals surface area contributed by atoms with Gasteiger partial charge in [-0.3, -0.25) is 0 Å². The minimum Gasteiger partial charge on any atom is -0.337 e. The molecule has 0 atom stereocenters. The van der Waals surface area contributed by atoms with Crippen molar-refractivity contribution in [1.29, 1.82) is 0 Å². The van der Waals surface area contributed by atoms with Gasteiger partial charge < -0.3 is 4.90 Å². The lowest BCUT2D eigenvalue weighted by molar-refractivity contribution is 0.977. The predicted molar refractivity (Wildman–Crippen MR) is 222 cm³/mol. The standard InChI is InChI=1S/C51H37N/c1-3-13-37(14-4-1)38-23-25-39(26-24-38)40-27-31-45(32-28-40)52(36-44-18-8-9-19-47(44)41-15-5-2-6-16-41)46-33-29-42(30-34-46)51-35-43-17-7-10-20-48(43)49-21-11-12-22-50(49)51/h1-35H,36H2. The van der Waals surface area contributed by atoms with Gasteiger partial charge in [0.25, 0.3) is 0 Å². The first-order valence-electron chi connectivity index (χ1n) is 18.0. The lowest BCUT2D eigenvalue weighted by atomic mass is 9.93. The van der Waals surface area contributed by atoms with Gasteiger partial charge >= 0.3 is 0 Å². The van der Waals surface area contributed by atoms with E-state index in [1.807, 2.05) is 0 Å². The molecule has 0 fully saturated rings. The Balaban J connectivity index is 1.09. The summed E-state index contributed by atoms with van der Waals surface area (Å²) in [5.41, 5.74) is 13.4. The third-order valence-corrected chi connectivity index (χ3v) is 10.2. The highest BCUT2D eigenvalue weighted by atomic mass is 15.1. The highest BCUT2D eigenvalue weighted by molar-refractivity contribution is 6.13. The highest BCUT2D eigenvalue weighted by Crippen LogP contribution is 2.38. The molecular weight excluding hydrogens is 627 g/mol. The van der Waals surface area contributed by atoms with Crippen molar-refractivity contribution in [1.82, 2.24) is 0 Å². The number of benzene rings is 9. The molecule has 0 saturated heterocycles.